The molecule has 0 aliphatic carbocycles. The van der Waals surface area contributed by atoms with Crippen molar-refractivity contribution >= 4 is 34.2 Å². The number of carboxylic acids is 1. The third-order valence-electron chi connectivity index (χ3n) is 7.12. The number of hydrogen-bond acceptors (Lipinski definition) is 5. The van der Waals surface area contributed by atoms with Crippen molar-refractivity contribution in [3.8, 4) is 0 Å². The van der Waals surface area contributed by atoms with Gasteiger partial charge in [0.15, 0.2) is 0 Å². The Balaban J connectivity index is 1.89. The van der Waals surface area contributed by atoms with Crippen molar-refractivity contribution in [3.05, 3.63) is 73.8 Å². The standard InChI is InChI=1S/C28H32ClFN2O5/c1-4-17-12-24-21(27(34)22(28(35)36)14-32(24)25(15-33)16(2)3)11-18(17)9-19-10-20(13-23(29)26(19)30)31-5-7-37-8-6-31/h10-14,16,25,33H,4-9,15H2,1-3H3,(H,35,36)/t25-/m1/s1. The van der Waals surface area contributed by atoms with Crippen LogP contribution in [0.2, 0.25) is 5.02 Å². The molecule has 0 spiro atoms. The Hall–Kier alpha value is -2.94. The topological polar surface area (TPSA) is 92.0 Å². The highest BCUT2D eigenvalue weighted by atomic mass is 35.5. The molecule has 1 aromatic heterocycles. The van der Waals surface area contributed by atoms with Gasteiger partial charge in [-0.1, -0.05) is 32.4 Å². The molecule has 198 valence electrons. The monoisotopic (exact) mass is 530 g/mol. The van der Waals surface area contributed by atoms with Crippen LogP contribution in [0, 0.1) is 11.7 Å². The van der Waals surface area contributed by atoms with Gasteiger partial charge in [-0.05, 0) is 53.3 Å². The van der Waals surface area contributed by atoms with Crippen LogP contribution in [-0.4, -0.2) is 53.7 Å². The molecule has 0 amide bonds. The molecule has 1 saturated heterocycles. The molecule has 3 aromatic rings. The van der Waals surface area contributed by atoms with Gasteiger partial charge in [0.05, 0.1) is 36.4 Å². The zero-order valence-corrected chi connectivity index (χ0v) is 22.0. The molecule has 9 heteroatoms. The predicted octanol–water partition coefficient (Wildman–Crippen LogP) is 4.67. The Morgan fingerprint density at radius 3 is 2.43 bits per heavy atom. The normalized spacial score (nSPS) is 14.9. The maximum absolute atomic E-state index is 15.2. The van der Waals surface area contributed by atoms with E-state index in [0.29, 0.717) is 43.8 Å². The Morgan fingerprint density at radius 1 is 1.14 bits per heavy atom. The number of aryl methyl sites for hydroxylation is 1. The van der Waals surface area contributed by atoms with Gasteiger partial charge in [-0.3, -0.25) is 4.79 Å². The zero-order chi connectivity index (χ0) is 26.9. The number of benzene rings is 2. The van der Waals surface area contributed by atoms with Crippen molar-refractivity contribution < 1.29 is 24.1 Å². The Kier molecular flexibility index (Phi) is 8.21. The number of pyridine rings is 1. The lowest BCUT2D eigenvalue weighted by Gasteiger charge is -2.29. The van der Waals surface area contributed by atoms with Crippen LogP contribution in [0.15, 0.2) is 35.3 Å². The van der Waals surface area contributed by atoms with Crippen molar-refractivity contribution in [1.29, 1.82) is 0 Å². The summed E-state index contributed by atoms with van der Waals surface area (Å²) in [7, 11) is 0. The highest BCUT2D eigenvalue weighted by Crippen LogP contribution is 2.31. The summed E-state index contributed by atoms with van der Waals surface area (Å²) in [5.41, 5.74) is 2.39. The minimum absolute atomic E-state index is 0.0127. The molecule has 0 bridgehead atoms. The summed E-state index contributed by atoms with van der Waals surface area (Å²) < 4.78 is 22.3. The van der Waals surface area contributed by atoms with Gasteiger partial charge in [0, 0.05) is 36.8 Å². The Bertz CT molecular complexity index is 1380. The molecule has 1 atom stereocenters. The van der Waals surface area contributed by atoms with Crippen LogP contribution in [-0.2, 0) is 17.6 Å². The van der Waals surface area contributed by atoms with Gasteiger partial charge in [0.2, 0.25) is 5.43 Å². The molecule has 4 rings (SSSR count). The van der Waals surface area contributed by atoms with Gasteiger partial charge in [-0.2, -0.15) is 0 Å². The van der Waals surface area contributed by atoms with Gasteiger partial charge in [-0.15, -0.1) is 0 Å². The number of nitrogens with zero attached hydrogens (tertiary/aromatic N) is 2. The molecule has 2 heterocycles. The van der Waals surface area contributed by atoms with Crippen LogP contribution in [0.4, 0.5) is 10.1 Å². The summed E-state index contributed by atoms with van der Waals surface area (Å²) in [4.78, 5) is 27.2. The summed E-state index contributed by atoms with van der Waals surface area (Å²) in [5, 5.41) is 20.0. The number of morpholine rings is 1. The lowest BCUT2D eigenvalue weighted by atomic mass is 9.94. The number of aromatic nitrogens is 1. The number of aromatic carboxylic acids is 1. The van der Waals surface area contributed by atoms with Crippen molar-refractivity contribution in [2.75, 3.05) is 37.8 Å². The molecular formula is C28H32ClFN2O5. The molecular weight excluding hydrogens is 499 g/mol. The van der Waals surface area contributed by atoms with Gasteiger partial charge in [-0.25, -0.2) is 9.18 Å². The number of ether oxygens (including phenoxy) is 1. The van der Waals surface area contributed by atoms with E-state index >= 15 is 4.39 Å². The number of carboxylic acid groups (broad SMARTS) is 1. The number of rotatable bonds is 8. The van der Waals surface area contributed by atoms with Gasteiger partial charge < -0.3 is 24.4 Å². The predicted molar refractivity (Wildman–Crippen MR) is 143 cm³/mol. The van der Waals surface area contributed by atoms with E-state index in [4.69, 9.17) is 16.3 Å². The number of halogens is 2. The van der Waals surface area contributed by atoms with Crippen molar-refractivity contribution in [2.24, 2.45) is 5.92 Å². The van der Waals surface area contributed by atoms with E-state index in [1.807, 2.05) is 26.8 Å². The summed E-state index contributed by atoms with van der Waals surface area (Å²) in [6.45, 7) is 8.13. The smallest absolute Gasteiger partial charge is 0.341 e. The molecule has 2 aromatic carbocycles. The second-order valence-corrected chi connectivity index (χ2v) is 10.2. The van der Waals surface area contributed by atoms with Gasteiger partial charge >= 0.3 is 5.97 Å². The number of hydrogen-bond donors (Lipinski definition) is 2. The maximum Gasteiger partial charge on any atom is 0.341 e. The maximum atomic E-state index is 15.2. The second kappa shape index (κ2) is 11.2. The van der Waals surface area contributed by atoms with E-state index in [1.54, 1.807) is 22.8 Å². The minimum Gasteiger partial charge on any atom is -0.477 e. The number of aliphatic hydroxyl groups is 1. The zero-order valence-electron chi connectivity index (χ0n) is 21.3. The number of anilines is 1. The van der Waals surface area contributed by atoms with Crippen LogP contribution >= 0.6 is 11.6 Å². The number of aliphatic hydroxyl groups excluding tert-OH is 1. The first-order chi connectivity index (χ1) is 17.7. The van der Waals surface area contributed by atoms with Crippen molar-refractivity contribution in [2.45, 2.75) is 39.7 Å². The van der Waals surface area contributed by atoms with Gasteiger partial charge in [0.25, 0.3) is 0 Å². The molecule has 0 saturated carbocycles. The van der Waals surface area contributed by atoms with Crippen LogP contribution in [0.3, 0.4) is 0 Å². The largest absolute Gasteiger partial charge is 0.477 e. The van der Waals surface area contributed by atoms with E-state index in [1.165, 1.54) is 6.20 Å². The SMILES string of the molecule is CCc1cc2c(cc1Cc1cc(N3CCOCC3)cc(Cl)c1F)c(=O)c(C(=O)O)cn2[C@H](CO)C(C)C. The quantitative estimate of drug-likeness (QED) is 0.440. The summed E-state index contributed by atoms with van der Waals surface area (Å²) in [6, 6.07) is 6.50. The lowest BCUT2D eigenvalue weighted by molar-refractivity contribution is 0.0694. The van der Waals surface area contributed by atoms with E-state index in [-0.39, 0.29) is 34.9 Å². The first-order valence-corrected chi connectivity index (χ1v) is 12.9. The van der Waals surface area contributed by atoms with Gasteiger partial charge in [0.1, 0.15) is 11.4 Å². The molecule has 0 radical (unpaired) electrons. The van der Waals surface area contributed by atoms with Crippen LogP contribution in [0.25, 0.3) is 10.9 Å². The fourth-order valence-electron chi connectivity index (χ4n) is 4.99. The molecule has 37 heavy (non-hydrogen) atoms. The molecule has 2 N–H and O–H groups in total. The van der Waals surface area contributed by atoms with Crippen LogP contribution in [0.5, 0.6) is 0 Å². The fourth-order valence-corrected chi connectivity index (χ4v) is 5.23. The molecule has 0 unspecified atom stereocenters. The van der Waals surface area contributed by atoms with Crippen LogP contribution < -0.4 is 10.3 Å². The molecule has 1 fully saturated rings. The summed E-state index contributed by atoms with van der Waals surface area (Å²) in [5.74, 6) is -1.86. The average molecular weight is 531 g/mol. The Morgan fingerprint density at radius 2 is 1.84 bits per heavy atom. The van der Waals surface area contributed by atoms with E-state index in [9.17, 15) is 19.8 Å². The first kappa shape index (κ1) is 27.1. The second-order valence-electron chi connectivity index (χ2n) is 9.75. The number of fused-ring (bicyclic) bond motifs is 1. The third kappa shape index (κ3) is 5.37. The Labute approximate surface area is 220 Å². The van der Waals surface area contributed by atoms with E-state index in [2.05, 4.69) is 4.90 Å². The van der Waals surface area contributed by atoms with Crippen molar-refractivity contribution in [1.82, 2.24) is 4.57 Å². The summed E-state index contributed by atoms with van der Waals surface area (Å²) in [6.07, 6.45) is 2.12. The van der Waals surface area contributed by atoms with Crippen LogP contribution in [0.1, 0.15) is 53.9 Å². The fraction of sp³-hybridized carbons (Fsp3) is 0.429. The van der Waals surface area contributed by atoms with E-state index < -0.39 is 23.3 Å². The molecule has 7 nitrogen and oxygen atoms in total. The van der Waals surface area contributed by atoms with Crippen molar-refractivity contribution in [3.63, 3.8) is 0 Å². The van der Waals surface area contributed by atoms with E-state index in [0.717, 1.165) is 16.8 Å². The average Bonchev–Trinajstić information content (AvgIpc) is 2.88. The highest BCUT2D eigenvalue weighted by molar-refractivity contribution is 6.31. The molecule has 1 aliphatic heterocycles. The highest BCUT2D eigenvalue weighted by Gasteiger charge is 2.23. The lowest BCUT2D eigenvalue weighted by Crippen LogP contribution is -2.36. The number of carbonyl (C=O) groups is 1. The first-order valence-electron chi connectivity index (χ1n) is 12.5. The minimum atomic E-state index is -1.33. The third-order valence-corrected chi connectivity index (χ3v) is 7.40. The summed E-state index contributed by atoms with van der Waals surface area (Å²) >= 11 is 6.28. The molecule has 1 aliphatic rings.